The summed E-state index contributed by atoms with van der Waals surface area (Å²) >= 11 is 1.84. The molecule has 0 N–H and O–H groups in total. The monoisotopic (exact) mass is 312 g/mol. The molecule has 0 aliphatic heterocycles. The fraction of sp³-hybridized carbons (Fsp3) is 0.400. The van der Waals surface area contributed by atoms with Crippen LogP contribution in [0.5, 0.6) is 5.75 Å². The van der Waals surface area contributed by atoms with Crippen molar-refractivity contribution in [2.45, 2.75) is 19.5 Å². The molecule has 0 aliphatic carbocycles. The van der Waals surface area contributed by atoms with Gasteiger partial charge in [0, 0.05) is 5.56 Å². The predicted molar refractivity (Wildman–Crippen MR) is 59.8 cm³/mol. The Balaban J connectivity index is 3.35. The molecule has 0 heterocycles. The maximum absolute atomic E-state index is 13.6. The summed E-state index contributed by atoms with van der Waals surface area (Å²) in [5.41, 5.74) is -1.37. The molecule has 0 atom stereocenters. The molecule has 0 fully saturated rings. The van der Waals surface area contributed by atoms with E-state index in [2.05, 4.69) is 0 Å². The zero-order chi connectivity index (χ0) is 10.9. The molecule has 0 spiro atoms. The molecule has 14 heavy (non-hydrogen) atoms. The Morgan fingerprint density at radius 1 is 1.36 bits per heavy atom. The van der Waals surface area contributed by atoms with Crippen molar-refractivity contribution >= 4 is 22.6 Å². The molecule has 1 nitrogen and oxygen atoms in total. The molecule has 1 aromatic rings. The van der Waals surface area contributed by atoms with Crippen LogP contribution in [0.3, 0.4) is 0 Å². The van der Waals surface area contributed by atoms with Crippen LogP contribution >= 0.6 is 22.6 Å². The van der Waals surface area contributed by atoms with Gasteiger partial charge in [0.2, 0.25) is 0 Å². The minimum Gasteiger partial charge on any atom is -0.496 e. The first-order valence-corrected chi connectivity index (χ1v) is 5.16. The third-order valence-electron chi connectivity index (χ3n) is 1.88. The van der Waals surface area contributed by atoms with Gasteiger partial charge in [0.05, 0.1) is 10.7 Å². The van der Waals surface area contributed by atoms with Gasteiger partial charge in [-0.15, -0.1) is 0 Å². The maximum atomic E-state index is 13.6. The van der Waals surface area contributed by atoms with Crippen LogP contribution in [0.25, 0.3) is 0 Å². The van der Waals surface area contributed by atoms with Crippen LogP contribution in [-0.2, 0) is 5.67 Å². The molecular formula is C10H11F2IO. The van der Waals surface area contributed by atoms with Gasteiger partial charge in [-0.3, -0.25) is 0 Å². The Morgan fingerprint density at radius 2 is 1.93 bits per heavy atom. The number of alkyl halides is 1. The van der Waals surface area contributed by atoms with Gasteiger partial charge in [0.25, 0.3) is 0 Å². The minimum absolute atomic E-state index is 0.234. The lowest BCUT2D eigenvalue weighted by atomic mass is 9.99. The van der Waals surface area contributed by atoms with Gasteiger partial charge in [-0.2, -0.15) is 0 Å². The Hall–Kier alpha value is -0.390. The Labute approximate surface area is 95.6 Å². The fourth-order valence-corrected chi connectivity index (χ4v) is 1.60. The van der Waals surface area contributed by atoms with E-state index in [1.165, 1.54) is 33.1 Å². The minimum atomic E-state index is -1.60. The summed E-state index contributed by atoms with van der Waals surface area (Å²) in [7, 11) is 1.44. The van der Waals surface area contributed by atoms with Gasteiger partial charge >= 0.3 is 0 Å². The summed E-state index contributed by atoms with van der Waals surface area (Å²) in [6, 6.07) is 2.67. The highest BCUT2D eigenvalue weighted by Crippen LogP contribution is 2.34. The van der Waals surface area contributed by atoms with E-state index in [9.17, 15) is 8.78 Å². The lowest BCUT2D eigenvalue weighted by molar-refractivity contribution is 0.212. The van der Waals surface area contributed by atoms with Gasteiger partial charge in [-0.05, 0) is 48.6 Å². The first-order chi connectivity index (χ1) is 6.36. The number of ether oxygens (including phenoxy) is 1. The average molecular weight is 312 g/mol. The van der Waals surface area contributed by atoms with Crippen LogP contribution in [0.4, 0.5) is 8.78 Å². The van der Waals surface area contributed by atoms with Crippen molar-refractivity contribution in [3.63, 3.8) is 0 Å². The smallest absolute Gasteiger partial charge is 0.137 e. The molecule has 0 amide bonds. The van der Waals surface area contributed by atoms with Crippen LogP contribution in [0.2, 0.25) is 0 Å². The van der Waals surface area contributed by atoms with Gasteiger partial charge in [-0.25, -0.2) is 8.78 Å². The summed E-state index contributed by atoms with van der Waals surface area (Å²) in [5, 5.41) is 0. The molecule has 0 aliphatic rings. The molecule has 1 aromatic carbocycles. The number of methoxy groups -OCH3 is 1. The third-order valence-corrected chi connectivity index (χ3v) is 2.71. The molecular weight excluding hydrogens is 301 g/mol. The average Bonchev–Trinajstić information content (AvgIpc) is 2.07. The van der Waals surface area contributed by atoms with Gasteiger partial charge < -0.3 is 4.74 Å². The standard InChI is InChI=1S/C10H11F2IO/c1-10(2,12)6-4-7(11)8(13)5-9(6)14-3/h4-5H,1-3H3. The second-order valence-electron chi connectivity index (χ2n) is 3.44. The number of rotatable bonds is 2. The molecule has 78 valence electrons. The lowest BCUT2D eigenvalue weighted by Gasteiger charge is -2.18. The highest BCUT2D eigenvalue weighted by molar-refractivity contribution is 14.1. The predicted octanol–water partition coefficient (Wildman–Crippen LogP) is 3.64. The zero-order valence-corrected chi connectivity index (χ0v) is 10.4. The van der Waals surface area contributed by atoms with Gasteiger partial charge in [0.1, 0.15) is 17.2 Å². The first-order valence-electron chi connectivity index (χ1n) is 4.08. The Bertz CT molecular complexity index is 345. The summed E-state index contributed by atoms with van der Waals surface area (Å²) in [6.45, 7) is 2.74. The number of hydrogen-bond acceptors (Lipinski definition) is 1. The topological polar surface area (TPSA) is 9.23 Å². The first kappa shape index (κ1) is 11.7. The summed E-state index contributed by atoms with van der Waals surface area (Å²) in [5.74, 6) is -0.0459. The highest BCUT2D eigenvalue weighted by atomic mass is 127. The molecule has 0 unspecified atom stereocenters. The molecule has 0 aromatic heterocycles. The molecule has 0 saturated heterocycles. The zero-order valence-electron chi connectivity index (χ0n) is 8.20. The van der Waals surface area contributed by atoms with Crippen molar-refractivity contribution in [2.75, 3.05) is 7.11 Å². The van der Waals surface area contributed by atoms with Crippen LogP contribution in [0.1, 0.15) is 19.4 Å². The third kappa shape index (κ3) is 2.34. The van der Waals surface area contributed by atoms with Crippen molar-refractivity contribution in [2.24, 2.45) is 0 Å². The van der Waals surface area contributed by atoms with Crippen molar-refractivity contribution in [3.8, 4) is 5.75 Å². The maximum Gasteiger partial charge on any atom is 0.137 e. The SMILES string of the molecule is COc1cc(I)c(F)cc1C(C)(C)F. The van der Waals surface area contributed by atoms with Crippen molar-refractivity contribution in [1.82, 2.24) is 0 Å². The molecule has 0 radical (unpaired) electrons. The number of hydrogen-bond donors (Lipinski definition) is 0. The molecule has 1 rings (SSSR count). The largest absolute Gasteiger partial charge is 0.496 e. The van der Waals surface area contributed by atoms with Crippen molar-refractivity contribution in [1.29, 1.82) is 0 Å². The van der Waals surface area contributed by atoms with Crippen molar-refractivity contribution < 1.29 is 13.5 Å². The van der Waals surface area contributed by atoms with E-state index in [0.29, 0.717) is 9.32 Å². The molecule has 0 bridgehead atoms. The Kier molecular flexibility index (Phi) is 3.34. The summed E-state index contributed by atoms with van der Waals surface area (Å²) < 4.78 is 32.2. The van der Waals surface area contributed by atoms with Gasteiger partial charge in [0.15, 0.2) is 0 Å². The second kappa shape index (κ2) is 4.00. The van der Waals surface area contributed by atoms with E-state index in [1.807, 2.05) is 22.6 Å². The van der Waals surface area contributed by atoms with Crippen LogP contribution in [0.15, 0.2) is 12.1 Å². The second-order valence-corrected chi connectivity index (χ2v) is 4.60. The quantitative estimate of drug-likeness (QED) is 0.758. The molecule has 0 saturated carbocycles. The van der Waals surface area contributed by atoms with E-state index in [4.69, 9.17) is 4.74 Å². The molecule has 4 heteroatoms. The van der Waals surface area contributed by atoms with E-state index in [1.54, 1.807) is 0 Å². The summed E-state index contributed by atoms with van der Waals surface area (Å²) in [6.07, 6.45) is 0. The van der Waals surface area contributed by atoms with Crippen LogP contribution in [0, 0.1) is 9.39 Å². The van der Waals surface area contributed by atoms with Crippen LogP contribution in [-0.4, -0.2) is 7.11 Å². The van der Waals surface area contributed by atoms with E-state index in [0.717, 1.165) is 0 Å². The normalized spacial score (nSPS) is 11.6. The van der Waals surface area contributed by atoms with E-state index < -0.39 is 11.5 Å². The van der Waals surface area contributed by atoms with Gasteiger partial charge in [-0.1, -0.05) is 0 Å². The van der Waals surface area contributed by atoms with Crippen LogP contribution < -0.4 is 4.74 Å². The highest BCUT2D eigenvalue weighted by Gasteiger charge is 2.24. The number of halogens is 3. The van der Waals surface area contributed by atoms with Crippen molar-refractivity contribution in [3.05, 3.63) is 27.1 Å². The summed E-state index contributed by atoms with van der Waals surface area (Å²) in [4.78, 5) is 0. The lowest BCUT2D eigenvalue weighted by Crippen LogP contribution is -2.12. The Morgan fingerprint density at radius 3 is 2.36 bits per heavy atom. The fourth-order valence-electron chi connectivity index (χ4n) is 1.16. The van der Waals surface area contributed by atoms with E-state index in [-0.39, 0.29) is 5.56 Å². The van der Waals surface area contributed by atoms with E-state index >= 15 is 0 Å². The number of benzene rings is 1.